The highest BCUT2D eigenvalue weighted by atomic mass is 15.1. The monoisotopic (exact) mass is 276 g/mol. The molecule has 0 atom stereocenters. The van der Waals surface area contributed by atoms with Crippen LogP contribution in [0.1, 0.15) is 52.8 Å². The zero-order valence-corrected chi connectivity index (χ0v) is 13.3. The molecule has 0 aliphatic heterocycles. The van der Waals surface area contributed by atoms with Crippen LogP contribution in [0, 0.1) is 11.3 Å². The van der Waals surface area contributed by atoms with Crippen molar-refractivity contribution in [2.45, 2.75) is 53.4 Å². The van der Waals surface area contributed by atoms with Crippen molar-refractivity contribution in [1.29, 1.82) is 0 Å². The Morgan fingerprint density at radius 3 is 2.30 bits per heavy atom. The first-order chi connectivity index (χ1) is 9.59. The third-order valence-electron chi connectivity index (χ3n) is 4.38. The molecule has 0 spiro atoms. The fourth-order valence-electron chi connectivity index (χ4n) is 2.47. The SMILES string of the molecule is CCCNc1cc(NCC2(C(C)C)CC2)nc(CC)n1. The highest BCUT2D eigenvalue weighted by molar-refractivity contribution is 5.47. The van der Waals surface area contributed by atoms with Gasteiger partial charge < -0.3 is 10.6 Å². The van der Waals surface area contributed by atoms with Gasteiger partial charge in [0.2, 0.25) is 0 Å². The van der Waals surface area contributed by atoms with Gasteiger partial charge in [-0.25, -0.2) is 9.97 Å². The second kappa shape index (κ2) is 6.42. The van der Waals surface area contributed by atoms with Crippen molar-refractivity contribution in [2.24, 2.45) is 11.3 Å². The van der Waals surface area contributed by atoms with Crippen LogP contribution in [0.25, 0.3) is 0 Å². The summed E-state index contributed by atoms with van der Waals surface area (Å²) in [7, 11) is 0. The standard InChI is InChI=1S/C16H28N4/c1-5-9-17-14-10-15(20-13(6-2)19-14)18-11-16(7-8-16)12(3)4/h10,12H,5-9,11H2,1-4H3,(H2,17,18,19,20). The predicted octanol–water partition coefficient (Wildman–Crippen LogP) is 3.71. The average molecular weight is 276 g/mol. The molecule has 4 nitrogen and oxygen atoms in total. The summed E-state index contributed by atoms with van der Waals surface area (Å²) in [6.07, 6.45) is 4.64. The molecule has 112 valence electrons. The Morgan fingerprint density at radius 2 is 1.80 bits per heavy atom. The quantitative estimate of drug-likeness (QED) is 0.760. The number of hydrogen-bond acceptors (Lipinski definition) is 4. The van der Waals surface area contributed by atoms with Gasteiger partial charge >= 0.3 is 0 Å². The van der Waals surface area contributed by atoms with E-state index in [1.165, 1.54) is 12.8 Å². The lowest BCUT2D eigenvalue weighted by Crippen LogP contribution is -2.21. The van der Waals surface area contributed by atoms with Crippen LogP contribution in [0.4, 0.5) is 11.6 Å². The van der Waals surface area contributed by atoms with Crippen molar-refractivity contribution in [3.8, 4) is 0 Å². The van der Waals surface area contributed by atoms with Crippen LogP contribution in [-0.2, 0) is 6.42 Å². The minimum atomic E-state index is 0.494. The van der Waals surface area contributed by atoms with Gasteiger partial charge in [0.05, 0.1) is 0 Å². The Kier molecular flexibility index (Phi) is 4.84. The van der Waals surface area contributed by atoms with E-state index in [4.69, 9.17) is 0 Å². The fraction of sp³-hybridized carbons (Fsp3) is 0.750. The Bertz CT molecular complexity index is 438. The van der Waals surface area contributed by atoms with Crippen LogP contribution in [0.15, 0.2) is 6.07 Å². The van der Waals surface area contributed by atoms with E-state index in [-0.39, 0.29) is 0 Å². The lowest BCUT2D eigenvalue weighted by atomic mass is 9.92. The summed E-state index contributed by atoms with van der Waals surface area (Å²) >= 11 is 0. The maximum absolute atomic E-state index is 4.59. The fourth-order valence-corrected chi connectivity index (χ4v) is 2.47. The smallest absolute Gasteiger partial charge is 0.132 e. The predicted molar refractivity (Wildman–Crippen MR) is 85.2 cm³/mol. The second-order valence-corrected chi connectivity index (χ2v) is 6.21. The normalized spacial score (nSPS) is 16.2. The lowest BCUT2D eigenvalue weighted by Gasteiger charge is -2.20. The number of nitrogens with zero attached hydrogens (tertiary/aromatic N) is 2. The molecule has 0 saturated heterocycles. The van der Waals surface area contributed by atoms with Crippen molar-refractivity contribution in [3.63, 3.8) is 0 Å². The molecule has 0 radical (unpaired) electrons. The highest BCUT2D eigenvalue weighted by Crippen LogP contribution is 2.51. The number of nitrogens with one attached hydrogen (secondary N) is 2. The van der Waals surface area contributed by atoms with Crippen molar-refractivity contribution in [1.82, 2.24) is 9.97 Å². The van der Waals surface area contributed by atoms with Gasteiger partial charge in [-0.3, -0.25) is 0 Å². The molecular formula is C16H28N4. The van der Waals surface area contributed by atoms with Crippen molar-refractivity contribution >= 4 is 11.6 Å². The van der Waals surface area contributed by atoms with Crippen LogP contribution < -0.4 is 10.6 Å². The van der Waals surface area contributed by atoms with Gasteiger partial charge in [0.1, 0.15) is 17.5 Å². The molecule has 2 N–H and O–H groups in total. The first-order valence-corrected chi connectivity index (χ1v) is 7.95. The second-order valence-electron chi connectivity index (χ2n) is 6.21. The van der Waals surface area contributed by atoms with Gasteiger partial charge in [-0.2, -0.15) is 0 Å². The third kappa shape index (κ3) is 3.62. The van der Waals surface area contributed by atoms with Crippen LogP contribution >= 0.6 is 0 Å². The minimum Gasteiger partial charge on any atom is -0.370 e. The molecule has 2 rings (SSSR count). The Balaban J connectivity index is 2.02. The van der Waals surface area contributed by atoms with Crippen LogP contribution in [0.5, 0.6) is 0 Å². The van der Waals surface area contributed by atoms with E-state index in [0.717, 1.165) is 49.3 Å². The molecule has 1 aliphatic carbocycles. The number of rotatable bonds is 8. The zero-order valence-electron chi connectivity index (χ0n) is 13.3. The van der Waals surface area contributed by atoms with Crippen LogP contribution in [0.2, 0.25) is 0 Å². The molecule has 1 heterocycles. The molecule has 0 unspecified atom stereocenters. The summed E-state index contributed by atoms with van der Waals surface area (Å²) in [6.45, 7) is 10.9. The molecule has 1 aliphatic rings. The topological polar surface area (TPSA) is 49.8 Å². The van der Waals surface area contributed by atoms with Gasteiger partial charge in [0.15, 0.2) is 0 Å². The summed E-state index contributed by atoms with van der Waals surface area (Å²) < 4.78 is 0. The Hall–Kier alpha value is -1.32. The average Bonchev–Trinajstić information content (AvgIpc) is 3.24. The molecule has 0 aromatic carbocycles. The Morgan fingerprint density at radius 1 is 1.15 bits per heavy atom. The summed E-state index contributed by atoms with van der Waals surface area (Å²) in [5.41, 5.74) is 0.494. The van der Waals surface area contributed by atoms with Crippen molar-refractivity contribution < 1.29 is 0 Å². The van der Waals surface area contributed by atoms with E-state index in [0.29, 0.717) is 5.41 Å². The minimum absolute atomic E-state index is 0.494. The maximum Gasteiger partial charge on any atom is 0.132 e. The first-order valence-electron chi connectivity index (χ1n) is 7.95. The summed E-state index contributed by atoms with van der Waals surface area (Å²) in [4.78, 5) is 9.11. The largest absolute Gasteiger partial charge is 0.370 e. The van der Waals surface area contributed by atoms with Crippen LogP contribution in [0.3, 0.4) is 0 Å². The zero-order chi connectivity index (χ0) is 14.6. The van der Waals surface area contributed by atoms with Gasteiger partial charge in [-0.05, 0) is 30.6 Å². The lowest BCUT2D eigenvalue weighted by molar-refractivity contribution is 0.380. The molecule has 1 aromatic heterocycles. The third-order valence-corrected chi connectivity index (χ3v) is 4.38. The van der Waals surface area contributed by atoms with E-state index in [1.54, 1.807) is 0 Å². The summed E-state index contributed by atoms with van der Waals surface area (Å²) in [6, 6.07) is 2.03. The summed E-state index contributed by atoms with van der Waals surface area (Å²) in [5.74, 6) is 3.54. The van der Waals surface area contributed by atoms with Gasteiger partial charge in [-0.15, -0.1) is 0 Å². The molecule has 1 aromatic rings. The van der Waals surface area contributed by atoms with Gasteiger partial charge in [0.25, 0.3) is 0 Å². The maximum atomic E-state index is 4.59. The van der Waals surface area contributed by atoms with E-state index in [2.05, 4.69) is 48.3 Å². The van der Waals surface area contributed by atoms with E-state index in [1.807, 2.05) is 6.07 Å². The number of aryl methyl sites for hydroxylation is 1. The molecule has 1 fully saturated rings. The number of hydrogen-bond donors (Lipinski definition) is 2. The molecular weight excluding hydrogens is 248 g/mol. The molecule has 4 heteroatoms. The molecule has 0 amide bonds. The van der Waals surface area contributed by atoms with E-state index in [9.17, 15) is 0 Å². The molecule has 1 saturated carbocycles. The summed E-state index contributed by atoms with van der Waals surface area (Å²) in [5, 5.41) is 6.88. The molecule has 0 bridgehead atoms. The first kappa shape index (κ1) is 15.1. The van der Waals surface area contributed by atoms with Crippen LogP contribution in [-0.4, -0.2) is 23.1 Å². The van der Waals surface area contributed by atoms with Crippen molar-refractivity contribution in [3.05, 3.63) is 11.9 Å². The van der Waals surface area contributed by atoms with Crippen molar-refractivity contribution in [2.75, 3.05) is 23.7 Å². The number of anilines is 2. The van der Waals surface area contributed by atoms with E-state index >= 15 is 0 Å². The molecule has 20 heavy (non-hydrogen) atoms. The van der Waals surface area contributed by atoms with E-state index < -0.39 is 0 Å². The number of aromatic nitrogens is 2. The Labute approximate surface area is 122 Å². The van der Waals surface area contributed by atoms with Gasteiger partial charge in [-0.1, -0.05) is 27.7 Å². The van der Waals surface area contributed by atoms with Gasteiger partial charge in [0, 0.05) is 25.6 Å². The highest BCUT2D eigenvalue weighted by Gasteiger charge is 2.44.